The minimum absolute atomic E-state index is 0.165. The van der Waals surface area contributed by atoms with E-state index in [2.05, 4.69) is 8.37 Å². The molecule has 5 atom stereocenters. The zero-order valence-electron chi connectivity index (χ0n) is 20.7. The van der Waals surface area contributed by atoms with Gasteiger partial charge in [0.1, 0.15) is 34.9 Å². The molecular formula is C22H18O18S2-2. The van der Waals surface area contributed by atoms with Gasteiger partial charge in [-0.3, -0.25) is 13.2 Å². The fourth-order valence-corrected chi connectivity index (χ4v) is 4.97. The van der Waals surface area contributed by atoms with Crippen molar-refractivity contribution in [3.63, 3.8) is 0 Å². The van der Waals surface area contributed by atoms with E-state index in [0.717, 1.165) is 6.07 Å². The lowest BCUT2D eigenvalue weighted by Crippen LogP contribution is -2.63. The lowest BCUT2D eigenvalue weighted by molar-refractivity contribution is -0.261. The van der Waals surface area contributed by atoms with Crippen LogP contribution in [0.3, 0.4) is 0 Å². The van der Waals surface area contributed by atoms with Crippen LogP contribution < -0.4 is 14.9 Å². The summed E-state index contributed by atoms with van der Waals surface area (Å²) in [6, 6.07) is 7.51. The minimum Gasteiger partial charge on any atom is -0.726 e. The molecule has 0 amide bonds. The molecule has 2 heterocycles. The highest BCUT2D eigenvalue weighted by Gasteiger charge is 2.53. The van der Waals surface area contributed by atoms with Crippen LogP contribution in [-0.4, -0.2) is 90.2 Å². The van der Waals surface area contributed by atoms with E-state index in [1.54, 1.807) is 0 Å². The predicted molar refractivity (Wildman–Crippen MR) is 130 cm³/mol. The average molecular weight is 635 g/mol. The number of ether oxygens (including phenoxy) is 3. The highest BCUT2D eigenvalue weighted by Crippen LogP contribution is 2.42. The van der Waals surface area contributed by atoms with Crippen molar-refractivity contribution in [1.82, 2.24) is 0 Å². The Bertz CT molecular complexity index is 1780. The van der Waals surface area contributed by atoms with Crippen LogP contribution in [0.15, 0.2) is 45.6 Å². The van der Waals surface area contributed by atoms with Gasteiger partial charge < -0.3 is 48.2 Å². The number of methoxy groups -OCH3 is 1. The number of carboxylic acids is 1. The van der Waals surface area contributed by atoms with Crippen LogP contribution in [0.4, 0.5) is 0 Å². The quantitative estimate of drug-likeness (QED) is 0.164. The van der Waals surface area contributed by atoms with Gasteiger partial charge in [0.25, 0.3) is 0 Å². The van der Waals surface area contributed by atoms with Gasteiger partial charge in [-0.05, 0) is 24.3 Å². The lowest BCUT2D eigenvalue weighted by Gasteiger charge is -2.42. The normalized spacial score (nSPS) is 23.0. The van der Waals surface area contributed by atoms with Gasteiger partial charge in [-0.15, -0.1) is 0 Å². The summed E-state index contributed by atoms with van der Waals surface area (Å²) in [5.74, 6) is -4.53. The van der Waals surface area contributed by atoms with Gasteiger partial charge in [-0.1, -0.05) is 0 Å². The van der Waals surface area contributed by atoms with Crippen LogP contribution in [0.25, 0.3) is 22.3 Å². The summed E-state index contributed by atoms with van der Waals surface area (Å²) < 4.78 is 96.7. The molecule has 1 aliphatic heterocycles. The number of fused-ring (bicyclic) bond motifs is 1. The van der Waals surface area contributed by atoms with Crippen molar-refractivity contribution >= 4 is 37.7 Å². The van der Waals surface area contributed by atoms with Gasteiger partial charge >= 0.3 is 5.97 Å². The molecule has 42 heavy (non-hydrogen) atoms. The zero-order valence-corrected chi connectivity index (χ0v) is 22.3. The summed E-state index contributed by atoms with van der Waals surface area (Å²) in [5, 5.41) is 40.3. The van der Waals surface area contributed by atoms with Gasteiger partial charge in [0.2, 0.25) is 32.8 Å². The molecule has 1 aromatic heterocycles. The van der Waals surface area contributed by atoms with E-state index in [4.69, 9.17) is 18.6 Å². The molecule has 228 valence electrons. The Morgan fingerprint density at radius 2 is 1.55 bits per heavy atom. The molecule has 0 bridgehead atoms. The lowest BCUT2D eigenvalue weighted by atomic mass is 9.99. The van der Waals surface area contributed by atoms with Crippen molar-refractivity contribution in [1.29, 1.82) is 0 Å². The van der Waals surface area contributed by atoms with Gasteiger partial charge in [0, 0.05) is 17.7 Å². The summed E-state index contributed by atoms with van der Waals surface area (Å²) in [6.07, 6.45) is -13.1. The van der Waals surface area contributed by atoms with Crippen molar-refractivity contribution in [2.24, 2.45) is 0 Å². The van der Waals surface area contributed by atoms with E-state index in [0.29, 0.717) is 11.8 Å². The SMILES string of the molecule is COc1ccc(-c2cc(=O)c3c(O)cc(O)c(O[C@@H]4O[C@H](C(=O)O)[C@@H](OS(=O)(=O)[O-])[C@H](O)[C@H]4OS(=O)(=O)[O-])c3o2)cc1. The van der Waals surface area contributed by atoms with E-state index in [9.17, 15) is 56.0 Å². The number of hydrogen-bond acceptors (Lipinski definition) is 17. The maximum atomic E-state index is 12.9. The number of aliphatic hydroxyl groups excluding tert-OH is 1. The first kappa shape index (κ1) is 30.9. The smallest absolute Gasteiger partial charge is 0.335 e. The summed E-state index contributed by atoms with van der Waals surface area (Å²) in [5.41, 5.74) is -1.32. The second-order valence-corrected chi connectivity index (χ2v) is 10.5. The van der Waals surface area contributed by atoms with Crippen LogP contribution >= 0.6 is 0 Å². The number of carboxylic acid groups (broad SMARTS) is 1. The molecule has 0 radical (unpaired) electrons. The van der Waals surface area contributed by atoms with Crippen molar-refractivity contribution in [2.45, 2.75) is 30.7 Å². The van der Waals surface area contributed by atoms with E-state index in [-0.39, 0.29) is 11.3 Å². The van der Waals surface area contributed by atoms with Crippen LogP contribution in [0.2, 0.25) is 0 Å². The first-order valence-corrected chi connectivity index (χ1v) is 13.8. The molecule has 0 spiro atoms. The van der Waals surface area contributed by atoms with Crippen molar-refractivity contribution in [3.8, 4) is 34.3 Å². The second kappa shape index (κ2) is 11.3. The average Bonchev–Trinajstić information content (AvgIpc) is 2.87. The number of carbonyl (C=O) groups is 1. The molecule has 4 N–H and O–H groups in total. The Morgan fingerprint density at radius 1 is 0.952 bits per heavy atom. The number of aliphatic carboxylic acids is 1. The molecule has 0 saturated carbocycles. The maximum absolute atomic E-state index is 12.9. The largest absolute Gasteiger partial charge is 0.726 e. The highest BCUT2D eigenvalue weighted by molar-refractivity contribution is 7.81. The highest BCUT2D eigenvalue weighted by atomic mass is 32.3. The first-order valence-electron chi connectivity index (χ1n) is 11.2. The van der Waals surface area contributed by atoms with E-state index in [1.807, 2.05) is 0 Å². The number of phenols is 2. The van der Waals surface area contributed by atoms with Crippen LogP contribution in [0.5, 0.6) is 23.0 Å². The standard InChI is InChI=1S/C22H20O18S2/c1-35-9-4-2-8(3-5-9)13-7-11(24)14-10(23)6-12(25)16(17(14)36-13)37-22-19(40-42(32,33)34)15(26)18(39-41(29,30)31)20(38-22)21(27)28/h2-7,15,18-20,22-23,25-26H,1H3,(H,27,28)(H,29,30,31)(H,32,33,34)/p-2/t15-,18-,19+,20-,22+/m0/s1. The van der Waals surface area contributed by atoms with Gasteiger partial charge in [-0.25, -0.2) is 21.6 Å². The van der Waals surface area contributed by atoms with Crippen LogP contribution in [0, 0.1) is 0 Å². The summed E-state index contributed by atoms with van der Waals surface area (Å²) in [6.45, 7) is 0. The third kappa shape index (κ3) is 6.55. The Labute approximate surface area is 234 Å². The fraction of sp³-hybridized carbons (Fsp3) is 0.273. The topological polar surface area (TPSA) is 289 Å². The Balaban J connectivity index is 1.87. The van der Waals surface area contributed by atoms with E-state index in [1.165, 1.54) is 31.4 Å². The summed E-state index contributed by atoms with van der Waals surface area (Å²) >= 11 is 0. The molecule has 0 aliphatic carbocycles. The monoisotopic (exact) mass is 634 g/mol. The van der Waals surface area contributed by atoms with E-state index < -0.39 is 91.1 Å². The minimum atomic E-state index is -5.79. The first-order chi connectivity index (χ1) is 19.5. The number of aliphatic hydroxyl groups is 1. The number of phenolic OH excluding ortho intramolecular Hbond substituents is 2. The fourth-order valence-electron chi connectivity index (χ4n) is 4.01. The molecule has 4 rings (SSSR count). The number of aromatic hydroxyl groups is 2. The van der Waals surface area contributed by atoms with Crippen molar-refractivity contribution in [2.75, 3.05) is 7.11 Å². The molecule has 3 aromatic rings. The summed E-state index contributed by atoms with van der Waals surface area (Å²) in [4.78, 5) is 24.7. The molecule has 1 saturated heterocycles. The van der Waals surface area contributed by atoms with Crippen molar-refractivity contribution < 1.29 is 78.2 Å². The van der Waals surface area contributed by atoms with Crippen LogP contribution in [-0.2, 0) is 38.7 Å². The number of hydrogen-bond donors (Lipinski definition) is 4. The Hall–Kier alpha value is -4.02. The number of benzene rings is 2. The Morgan fingerprint density at radius 3 is 2.10 bits per heavy atom. The summed E-state index contributed by atoms with van der Waals surface area (Å²) in [7, 11) is -10.1. The van der Waals surface area contributed by atoms with Crippen molar-refractivity contribution in [3.05, 3.63) is 46.6 Å². The molecule has 20 heteroatoms. The van der Waals surface area contributed by atoms with Gasteiger partial charge in [-0.2, -0.15) is 0 Å². The van der Waals surface area contributed by atoms with Gasteiger partial charge in [0.15, 0.2) is 29.0 Å². The maximum Gasteiger partial charge on any atom is 0.335 e. The molecular weight excluding hydrogens is 616 g/mol. The molecule has 18 nitrogen and oxygen atoms in total. The van der Waals surface area contributed by atoms with Gasteiger partial charge in [0.05, 0.1) is 7.11 Å². The molecule has 1 aliphatic rings. The zero-order chi connectivity index (χ0) is 31.1. The molecule has 1 fully saturated rings. The number of rotatable bonds is 9. The predicted octanol–water partition coefficient (Wildman–Crippen LogP) is -0.880. The van der Waals surface area contributed by atoms with Crippen LogP contribution in [0.1, 0.15) is 0 Å². The Kier molecular flexibility index (Phi) is 8.35. The molecule has 2 aromatic carbocycles. The van der Waals surface area contributed by atoms with E-state index >= 15 is 0 Å². The second-order valence-electron chi connectivity index (χ2n) is 8.46. The third-order valence-electron chi connectivity index (χ3n) is 5.75. The molecule has 0 unspecified atom stereocenters. The third-order valence-corrected chi connectivity index (χ3v) is 6.66.